The van der Waals surface area contributed by atoms with E-state index in [0.29, 0.717) is 27.7 Å². The van der Waals surface area contributed by atoms with E-state index in [1.807, 2.05) is 12.1 Å². The first-order valence-electron chi connectivity index (χ1n) is 9.06. The molecule has 8 heteroatoms. The number of rotatable bonds is 5. The fourth-order valence-electron chi connectivity index (χ4n) is 3.03. The van der Waals surface area contributed by atoms with Gasteiger partial charge in [0.25, 0.3) is 0 Å². The first-order valence-corrected chi connectivity index (χ1v) is 9.44. The molecule has 1 heterocycles. The number of esters is 1. The third-order valence-corrected chi connectivity index (χ3v) is 4.49. The van der Waals surface area contributed by atoms with E-state index in [1.165, 1.54) is 4.90 Å². The van der Waals surface area contributed by atoms with Crippen molar-refractivity contribution in [3.8, 4) is 5.75 Å². The smallest absolute Gasteiger partial charge is 0.344 e. The topological polar surface area (TPSA) is 98.8 Å². The molecule has 0 aliphatic carbocycles. The van der Waals surface area contributed by atoms with Gasteiger partial charge in [-0.15, -0.1) is 0 Å². The predicted octanol–water partition coefficient (Wildman–Crippen LogP) is 3.91. The maximum Gasteiger partial charge on any atom is 0.344 e. The lowest BCUT2D eigenvalue weighted by atomic mass is 9.99. The van der Waals surface area contributed by atoms with Crippen LogP contribution in [0.25, 0.3) is 0 Å². The number of amidine groups is 2. The zero-order valence-corrected chi connectivity index (χ0v) is 16.9. The normalized spacial score (nSPS) is 13.3. The van der Waals surface area contributed by atoms with E-state index >= 15 is 0 Å². The van der Waals surface area contributed by atoms with Crippen LogP contribution in [0.4, 0.5) is 5.69 Å². The minimum Gasteiger partial charge on any atom is -0.482 e. The Morgan fingerprint density at radius 2 is 1.97 bits per heavy atom. The van der Waals surface area contributed by atoms with E-state index in [9.17, 15) is 4.79 Å². The largest absolute Gasteiger partial charge is 0.482 e. The second-order valence-electron chi connectivity index (χ2n) is 6.31. The molecule has 1 aliphatic heterocycles. The summed E-state index contributed by atoms with van der Waals surface area (Å²) in [7, 11) is 0. The second-order valence-corrected chi connectivity index (χ2v) is 6.75. The molecule has 3 rings (SSSR count). The highest BCUT2D eigenvalue weighted by Gasteiger charge is 2.25. The van der Waals surface area contributed by atoms with Crippen LogP contribution in [0.2, 0.25) is 5.02 Å². The molecule has 0 spiro atoms. The van der Waals surface area contributed by atoms with Gasteiger partial charge in [-0.1, -0.05) is 23.7 Å². The number of fused-ring (bicyclic) bond motifs is 1. The SMILES string of the molecule is CCOC(=O)COc1ccc2c(c1)C(c1ccc(Cl)cc1)=NCC(=N)N2C(C)=N. The Morgan fingerprint density at radius 1 is 1.24 bits per heavy atom. The molecule has 0 radical (unpaired) electrons. The average Bonchev–Trinajstić information content (AvgIpc) is 2.83. The van der Waals surface area contributed by atoms with Crippen molar-refractivity contribution in [1.29, 1.82) is 10.8 Å². The summed E-state index contributed by atoms with van der Waals surface area (Å²) in [6.45, 7) is 3.57. The molecular weight excluding hydrogens is 392 g/mol. The molecule has 0 amide bonds. The molecule has 0 fully saturated rings. The van der Waals surface area contributed by atoms with Gasteiger partial charge >= 0.3 is 5.97 Å². The Balaban J connectivity index is 2.05. The van der Waals surface area contributed by atoms with Crippen LogP contribution in [-0.2, 0) is 9.53 Å². The molecule has 0 atom stereocenters. The van der Waals surface area contributed by atoms with E-state index in [4.69, 9.17) is 31.9 Å². The third kappa shape index (κ3) is 4.63. The highest BCUT2D eigenvalue weighted by Crippen LogP contribution is 2.31. The number of hydrogen-bond donors (Lipinski definition) is 2. The quantitative estimate of drug-likeness (QED) is 0.441. The standard InChI is InChI=1S/C21H21ClN4O3/c1-3-28-20(27)12-29-16-8-9-18-17(10-16)21(14-4-6-15(22)7-5-14)25-11-19(24)26(18)13(2)23/h4-10,23-24H,3,11-12H2,1-2H3. The summed E-state index contributed by atoms with van der Waals surface area (Å²) in [5.74, 6) is 0.425. The van der Waals surface area contributed by atoms with Crippen LogP contribution in [0, 0.1) is 10.8 Å². The highest BCUT2D eigenvalue weighted by molar-refractivity contribution is 6.31. The van der Waals surface area contributed by atoms with Crippen LogP contribution in [0.3, 0.4) is 0 Å². The molecule has 2 aromatic carbocycles. The number of hydrogen-bond acceptors (Lipinski definition) is 6. The summed E-state index contributed by atoms with van der Waals surface area (Å²) in [6, 6.07) is 12.5. The summed E-state index contributed by atoms with van der Waals surface area (Å²) < 4.78 is 10.5. The van der Waals surface area contributed by atoms with Crippen molar-refractivity contribution >= 4 is 40.6 Å². The van der Waals surface area contributed by atoms with Crippen LogP contribution in [0.1, 0.15) is 25.0 Å². The zero-order chi connectivity index (χ0) is 21.0. The van der Waals surface area contributed by atoms with E-state index < -0.39 is 5.97 Å². The number of nitrogens with one attached hydrogen (secondary N) is 2. The Bertz CT molecular complexity index is 986. The number of nitrogens with zero attached hydrogens (tertiary/aromatic N) is 2. The fourth-order valence-corrected chi connectivity index (χ4v) is 3.15. The number of anilines is 1. The molecule has 2 N–H and O–H groups in total. The monoisotopic (exact) mass is 412 g/mol. The van der Waals surface area contributed by atoms with E-state index in [-0.39, 0.29) is 31.4 Å². The first-order chi connectivity index (χ1) is 13.9. The predicted molar refractivity (Wildman–Crippen MR) is 114 cm³/mol. The Labute approximate surface area is 173 Å². The van der Waals surface area contributed by atoms with Crippen molar-refractivity contribution < 1.29 is 14.3 Å². The van der Waals surface area contributed by atoms with Crippen molar-refractivity contribution in [2.75, 3.05) is 24.7 Å². The summed E-state index contributed by atoms with van der Waals surface area (Å²) >= 11 is 6.02. The number of carbonyl (C=O) groups excluding carboxylic acids is 1. The number of benzene rings is 2. The van der Waals surface area contributed by atoms with Crippen LogP contribution < -0.4 is 9.64 Å². The molecule has 150 valence electrons. The highest BCUT2D eigenvalue weighted by atomic mass is 35.5. The van der Waals surface area contributed by atoms with E-state index in [2.05, 4.69) is 4.99 Å². The minimum absolute atomic E-state index is 0.127. The van der Waals surface area contributed by atoms with Crippen molar-refractivity contribution in [2.24, 2.45) is 4.99 Å². The van der Waals surface area contributed by atoms with Gasteiger partial charge in [0.15, 0.2) is 6.61 Å². The number of benzodiazepines with no additional fused rings is 1. The molecule has 0 unspecified atom stereocenters. The van der Waals surface area contributed by atoms with Crippen molar-refractivity contribution in [3.63, 3.8) is 0 Å². The number of ether oxygens (including phenoxy) is 2. The van der Waals surface area contributed by atoms with Gasteiger partial charge in [0.2, 0.25) is 0 Å². The second kappa shape index (κ2) is 8.87. The lowest BCUT2D eigenvalue weighted by Crippen LogP contribution is -2.35. The molecule has 0 saturated carbocycles. The Hall–Kier alpha value is -3.19. The lowest BCUT2D eigenvalue weighted by Gasteiger charge is -2.24. The molecule has 7 nitrogen and oxygen atoms in total. The molecule has 2 aromatic rings. The maximum atomic E-state index is 11.6. The van der Waals surface area contributed by atoms with Gasteiger partial charge in [-0.3, -0.25) is 20.7 Å². The summed E-state index contributed by atoms with van der Waals surface area (Å²) in [4.78, 5) is 17.8. The average molecular weight is 413 g/mol. The van der Waals surface area contributed by atoms with Gasteiger partial charge in [-0.25, -0.2) is 4.79 Å². The van der Waals surface area contributed by atoms with Gasteiger partial charge in [-0.05, 0) is 44.2 Å². The van der Waals surface area contributed by atoms with E-state index in [0.717, 1.165) is 5.56 Å². The molecule has 0 bridgehead atoms. The van der Waals surface area contributed by atoms with Gasteiger partial charge in [0, 0.05) is 16.1 Å². The summed E-state index contributed by atoms with van der Waals surface area (Å²) in [6.07, 6.45) is 0. The van der Waals surface area contributed by atoms with Crippen molar-refractivity contribution in [1.82, 2.24) is 0 Å². The van der Waals surface area contributed by atoms with Crippen molar-refractivity contribution in [2.45, 2.75) is 13.8 Å². The fraction of sp³-hybridized carbons (Fsp3) is 0.238. The molecular formula is C21H21ClN4O3. The van der Waals surface area contributed by atoms with Gasteiger partial charge in [-0.2, -0.15) is 0 Å². The van der Waals surface area contributed by atoms with Crippen LogP contribution in [0.5, 0.6) is 5.75 Å². The summed E-state index contributed by atoms with van der Waals surface area (Å²) in [5, 5.41) is 17.1. The zero-order valence-electron chi connectivity index (χ0n) is 16.2. The minimum atomic E-state index is -0.451. The lowest BCUT2D eigenvalue weighted by molar-refractivity contribution is -0.145. The third-order valence-electron chi connectivity index (χ3n) is 4.24. The Morgan fingerprint density at radius 3 is 2.62 bits per heavy atom. The number of aliphatic imine (C=N–C) groups is 1. The van der Waals surface area contributed by atoms with Crippen LogP contribution in [-0.4, -0.2) is 43.1 Å². The van der Waals surface area contributed by atoms with Crippen molar-refractivity contribution in [3.05, 3.63) is 58.6 Å². The van der Waals surface area contributed by atoms with E-state index in [1.54, 1.807) is 44.2 Å². The number of halogens is 1. The molecule has 29 heavy (non-hydrogen) atoms. The van der Waals surface area contributed by atoms with Gasteiger partial charge in [0.05, 0.1) is 24.6 Å². The number of carbonyl (C=O) groups is 1. The summed E-state index contributed by atoms with van der Waals surface area (Å²) in [5.41, 5.74) is 2.84. The van der Waals surface area contributed by atoms with Gasteiger partial charge in [0.1, 0.15) is 17.4 Å². The van der Waals surface area contributed by atoms with Gasteiger partial charge < -0.3 is 9.47 Å². The maximum absolute atomic E-state index is 11.6. The molecule has 1 aliphatic rings. The molecule has 0 saturated heterocycles. The van der Waals surface area contributed by atoms with Crippen LogP contribution >= 0.6 is 11.6 Å². The van der Waals surface area contributed by atoms with Crippen LogP contribution in [0.15, 0.2) is 47.5 Å². The Kier molecular flexibility index (Phi) is 6.29. The first kappa shape index (κ1) is 20.5. The molecule has 0 aromatic heterocycles.